The highest BCUT2D eigenvalue weighted by atomic mass is 16.5. The predicted molar refractivity (Wildman–Crippen MR) is 70.6 cm³/mol. The Balaban J connectivity index is 2.15. The molecule has 2 rings (SSSR count). The number of carbonyl (C=O) groups is 2. The molecule has 4 heteroatoms. The Labute approximate surface area is 112 Å². The van der Waals surface area contributed by atoms with Crippen LogP contribution in [-0.4, -0.2) is 23.5 Å². The van der Waals surface area contributed by atoms with Gasteiger partial charge in [0.25, 0.3) is 0 Å². The molecule has 102 valence electrons. The smallest absolute Gasteiger partial charge is 0.309 e. The number of ether oxygens (including phenoxy) is 1. The molecule has 0 saturated heterocycles. The summed E-state index contributed by atoms with van der Waals surface area (Å²) in [6, 6.07) is 5.42. The van der Waals surface area contributed by atoms with Crippen molar-refractivity contribution in [1.82, 2.24) is 0 Å². The van der Waals surface area contributed by atoms with E-state index in [9.17, 15) is 9.59 Å². The summed E-state index contributed by atoms with van der Waals surface area (Å²) in [5.41, 5.74) is 1.66. The van der Waals surface area contributed by atoms with Crippen molar-refractivity contribution in [1.29, 1.82) is 0 Å². The molecule has 1 N–H and O–H groups in total. The van der Waals surface area contributed by atoms with Crippen LogP contribution in [0.1, 0.15) is 42.1 Å². The normalized spacial score (nSPS) is 15.7. The number of hydrogen-bond acceptors (Lipinski definition) is 3. The molecule has 1 aliphatic carbocycles. The first-order valence-corrected chi connectivity index (χ1v) is 6.64. The van der Waals surface area contributed by atoms with Crippen molar-refractivity contribution in [2.75, 3.05) is 6.61 Å². The van der Waals surface area contributed by atoms with Crippen molar-refractivity contribution in [2.24, 2.45) is 5.92 Å². The van der Waals surface area contributed by atoms with Gasteiger partial charge in [0.05, 0.1) is 5.92 Å². The summed E-state index contributed by atoms with van der Waals surface area (Å²) in [6.07, 6.45) is 2.77. The highest BCUT2D eigenvalue weighted by molar-refractivity contribution is 5.99. The van der Waals surface area contributed by atoms with Gasteiger partial charge in [0.1, 0.15) is 12.4 Å². The number of carbonyl (C=O) groups excluding carboxylic acids is 1. The summed E-state index contributed by atoms with van der Waals surface area (Å²) in [5.74, 6) is -0.541. The first-order valence-electron chi connectivity index (χ1n) is 6.64. The molecule has 0 aromatic heterocycles. The van der Waals surface area contributed by atoms with Gasteiger partial charge >= 0.3 is 5.97 Å². The molecule has 0 aliphatic heterocycles. The number of Topliss-reactive ketones (excluding diaryl/α,β-unsaturated/α-hetero) is 1. The van der Waals surface area contributed by atoms with Crippen molar-refractivity contribution in [3.8, 4) is 5.75 Å². The minimum Gasteiger partial charge on any atom is -0.492 e. The number of fused-ring (bicyclic) bond motifs is 1. The van der Waals surface area contributed by atoms with E-state index in [2.05, 4.69) is 0 Å². The average molecular weight is 262 g/mol. The lowest BCUT2D eigenvalue weighted by Crippen LogP contribution is -2.21. The van der Waals surface area contributed by atoms with Gasteiger partial charge in [0.15, 0.2) is 5.78 Å². The molecule has 0 saturated carbocycles. The van der Waals surface area contributed by atoms with E-state index in [1.165, 1.54) is 0 Å². The molecular formula is C15H18O4. The number of ketones is 1. The fraction of sp³-hybridized carbons (Fsp3) is 0.467. The van der Waals surface area contributed by atoms with Gasteiger partial charge in [-0.25, -0.2) is 0 Å². The summed E-state index contributed by atoms with van der Waals surface area (Å²) in [5, 5.41) is 9.00. The van der Waals surface area contributed by atoms with Gasteiger partial charge in [-0.2, -0.15) is 0 Å². The molecule has 1 unspecified atom stereocenters. The highest BCUT2D eigenvalue weighted by Crippen LogP contribution is 2.29. The maximum Gasteiger partial charge on any atom is 0.309 e. The molecule has 0 amide bonds. The Morgan fingerprint density at radius 1 is 1.42 bits per heavy atom. The molecule has 1 atom stereocenters. The third-order valence-corrected chi connectivity index (χ3v) is 3.55. The SMILES string of the molecule is CCC(COc1cccc2c1CCCC2=O)C(=O)O. The minimum atomic E-state index is -0.844. The van der Waals surface area contributed by atoms with Crippen LogP contribution in [0.5, 0.6) is 5.75 Å². The zero-order valence-corrected chi connectivity index (χ0v) is 11.0. The van der Waals surface area contributed by atoms with Crippen LogP contribution in [-0.2, 0) is 11.2 Å². The standard InChI is InChI=1S/C15H18O4/c1-2-10(15(17)18)9-19-14-8-4-5-11-12(14)6-3-7-13(11)16/h4-5,8,10H,2-3,6-7,9H2,1H3,(H,17,18). The fourth-order valence-electron chi connectivity index (χ4n) is 2.33. The maximum atomic E-state index is 11.8. The Morgan fingerprint density at radius 2 is 2.21 bits per heavy atom. The van der Waals surface area contributed by atoms with Gasteiger partial charge in [-0.3, -0.25) is 9.59 Å². The lowest BCUT2D eigenvalue weighted by molar-refractivity contribution is -0.142. The molecule has 1 aromatic carbocycles. The zero-order chi connectivity index (χ0) is 13.8. The van der Waals surface area contributed by atoms with Crippen LogP contribution in [0.15, 0.2) is 18.2 Å². The molecule has 0 spiro atoms. The van der Waals surface area contributed by atoms with Crippen LogP contribution in [0.4, 0.5) is 0 Å². The molecule has 4 nitrogen and oxygen atoms in total. The second-order valence-corrected chi connectivity index (χ2v) is 4.81. The van der Waals surface area contributed by atoms with Crippen LogP contribution in [0, 0.1) is 5.92 Å². The van der Waals surface area contributed by atoms with Crippen molar-refractivity contribution < 1.29 is 19.4 Å². The third-order valence-electron chi connectivity index (χ3n) is 3.55. The van der Waals surface area contributed by atoms with E-state index < -0.39 is 11.9 Å². The van der Waals surface area contributed by atoms with Gasteiger partial charge in [0.2, 0.25) is 0 Å². The van der Waals surface area contributed by atoms with E-state index in [1.54, 1.807) is 6.07 Å². The molecule has 0 radical (unpaired) electrons. The number of benzene rings is 1. The van der Waals surface area contributed by atoms with Gasteiger partial charge in [-0.05, 0) is 25.3 Å². The number of carboxylic acid groups (broad SMARTS) is 1. The Hall–Kier alpha value is -1.84. The number of rotatable bonds is 5. The molecule has 1 aliphatic rings. The molecular weight excluding hydrogens is 244 g/mol. The van der Waals surface area contributed by atoms with E-state index in [0.717, 1.165) is 24.0 Å². The van der Waals surface area contributed by atoms with Crippen molar-refractivity contribution in [3.05, 3.63) is 29.3 Å². The molecule has 0 heterocycles. The van der Waals surface area contributed by atoms with E-state index in [0.29, 0.717) is 18.6 Å². The lowest BCUT2D eigenvalue weighted by atomic mass is 9.90. The third kappa shape index (κ3) is 2.95. The first kappa shape index (κ1) is 13.6. The maximum absolute atomic E-state index is 11.8. The van der Waals surface area contributed by atoms with Crippen LogP contribution in [0.2, 0.25) is 0 Å². The van der Waals surface area contributed by atoms with Gasteiger partial charge < -0.3 is 9.84 Å². The molecule has 1 aromatic rings. The quantitative estimate of drug-likeness (QED) is 0.886. The topological polar surface area (TPSA) is 63.6 Å². The van der Waals surface area contributed by atoms with Gasteiger partial charge in [0, 0.05) is 17.5 Å². The molecule has 0 fully saturated rings. The zero-order valence-electron chi connectivity index (χ0n) is 11.0. The van der Waals surface area contributed by atoms with Crippen molar-refractivity contribution in [2.45, 2.75) is 32.6 Å². The first-order chi connectivity index (χ1) is 9.13. The summed E-state index contributed by atoms with van der Waals surface area (Å²) in [6.45, 7) is 1.97. The largest absolute Gasteiger partial charge is 0.492 e. The van der Waals surface area contributed by atoms with Crippen LogP contribution >= 0.6 is 0 Å². The lowest BCUT2D eigenvalue weighted by Gasteiger charge is -2.19. The summed E-state index contributed by atoms with van der Waals surface area (Å²) < 4.78 is 5.63. The summed E-state index contributed by atoms with van der Waals surface area (Å²) in [4.78, 5) is 22.7. The Bertz CT molecular complexity index is 493. The Kier molecular flexibility index (Phi) is 4.20. The predicted octanol–water partition coefficient (Wildman–Crippen LogP) is 2.70. The van der Waals surface area contributed by atoms with Crippen molar-refractivity contribution >= 4 is 11.8 Å². The number of carboxylic acids is 1. The van der Waals surface area contributed by atoms with Crippen LogP contribution in [0.25, 0.3) is 0 Å². The van der Waals surface area contributed by atoms with E-state index in [1.807, 2.05) is 19.1 Å². The summed E-state index contributed by atoms with van der Waals surface area (Å²) in [7, 11) is 0. The van der Waals surface area contributed by atoms with E-state index in [-0.39, 0.29) is 12.4 Å². The average Bonchev–Trinajstić information content (AvgIpc) is 2.40. The molecule has 0 bridgehead atoms. The second kappa shape index (κ2) is 5.87. The van der Waals surface area contributed by atoms with Crippen LogP contribution in [0.3, 0.4) is 0 Å². The highest BCUT2D eigenvalue weighted by Gasteiger charge is 2.22. The Morgan fingerprint density at radius 3 is 2.89 bits per heavy atom. The minimum absolute atomic E-state index is 0.149. The van der Waals surface area contributed by atoms with Crippen LogP contribution < -0.4 is 4.74 Å². The van der Waals surface area contributed by atoms with E-state index >= 15 is 0 Å². The monoisotopic (exact) mass is 262 g/mol. The molecule has 19 heavy (non-hydrogen) atoms. The number of aliphatic carboxylic acids is 1. The van der Waals surface area contributed by atoms with Gasteiger partial charge in [-0.1, -0.05) is 19.1 Å². The second-order valence-electron chi connectivity index (χ2n) is 4.81. The van der Waals surface area contributed by atoms with E-state index in [4.69, 9.17) is 9.84 Å². The van der Waals surface area contributed by atoms with Crippen molar-refractivity contribution in [3.63, 3.8) is 0 Å². The summed E-state index contributed by atoms with van der Waals surface area (Å²) >= 11 is 0. The van der Waals surface area contributed by atoms with Gasteiger partial charge in [-0.15, -0.1) is 0 Å². The fourth-order valence-corrected chi connectivity index (χ4v) is 2.33. The number of hydrogen-bond donors (Lipinski definition) is 1.